The molecule has 0 aliphatic heterocycles. The molecule has 5 heteroatoms. The SMILES string of the molecule is CCC(C(=O)Nc1cccc(SC)c1)C(N)=S. The van der Waals surface area contributed by atoms with E-state index in [-0.39, 0.29) is 10.9 Å². The molecule has 92 valence electrons. The Morgan fingerprint density at radius 3 is 2.82 bits per heavy atom. The van der Waals surface area contributed by atoms with Crippen molar-refractivity contribution in [3.63, 3.8) is 0 Å². The van der Waals surface area contributed by atoms with E-state index >= 15 is 0 Å². The fourth-order valence-corrected chi connectivity index (χ4v) is 2.18. The van der Waals surface area contributed by atoms with Gasteiger partial charge in [-0.1, -0.05) is 25.2 Å². The first kappa shape index (κ1) is 14.0. The highest BCUT2D eigenvalue weighted by Gasteiger charge is 2.19. The summed E-state index contributed by atoms with van der Waals surface area (Å²) in [6.45, 7) is 1.89. The summed E-state index contributed by atoms with van der Waals surface area (Å²) in [6, 6.07) is 7.67. The lowest BCUT2D eigenvalue weighted by molar-refractivity contribution is -0.118. The zero-order chi connectivity index (χ0) is 12.8. The quantitative estimate of drug-likeness (QED) is 0.637. The van der Waals surface area contributed by atoms with E-state index in [2.05, 4.69) is 5.32 Å². The van der Waals surface area contributed by atoms with E-state index in [4.69, 9.17) is 18.0 Å². The van der Waals surface area contributed by atoms with Gasteiger partial charge in [0.2, 0.25) is 5.91 Å². The number of anilines is 1. The van der Waals surface area contributed by atoms with Crippen LogP contribution in [0, 0.1) is 5.92 Å². The van der Waals surface area contributed by atoms with Gasteiger partial charge in [-0.3, -0.25) is 4.79 Å². The zero-order valence-corrected chi connectivity index (χ0v) is 11.5. The molecule has 1 amide bonds. The van der Waals surface area contributed by atoms with Crippen LogP contribution in [-0.2, 0) is 4.79 Å². The highest BCUT2D eigenvalue weighted by Crippen LogP contribution is 2.19. The van der Waals surface area contributed by atoms with Crippen LogP contribution in [0.1, 0.15) is 13.3 Å². The van der Waals surface area contributed by atoms with Gasteiger partial charge < -0.3 is 11.1 Å². The van der Waals surface area contributed by atoms with Crippen molar-refractivity contribution < 1.29 is 4.79 Å². The molecule has 3 N–H and O–H groups in total. The number of hydrogen-bond acceptors (Lipinski definition) is 3. The van der Waals surface area contributed by atoms with E-state index in [1.807, 2.05) is 37.4 Å². The van der Waals surface area contributed by atoms with Gasteiger partial charge in [-0.15, -0.1) is 11.8 Å². The number of thiocarbonyl (C=S) groups is 1. The second-order valence-corrected chi connectivity index (χ2v) is 4.94. The maximum absolute atomic E-state index is 11.9. The molecule has 1 aromatic rings. The Bertz CT molecular complexity index is 421. The molecule has 0 aliphatic carbocycles. The lowest BCUT2D eigenvalue weighted by Crippen LogP contribution is -2.32. The number of nitrogens with one attached hydrogen (secondary N) is 1. The predicted molar refractivity (Wildman–Crippen MR) is 77.4 cm³/mol. The maximum Gasteiger partial charge on any atom is 0.234 e. The fraction of sp³-hybridized carbons (Fsp3) is 0.333. The van der Waals surface area contributed by atoms with Crippen LogP contribution >= 0.6 is 24.0 Å². The minimum Gasteiger partial charge on any atom is -0.393 e. The van der Waals surface area contributed by atoms with Gasteiger partial charge in [0.05, 0.1) is 10.9 Å². The number of thioether (sulfide) groups is 1. The van der Waals surface area contributed by atoms with Crippen molar-refractivity contribution in [2.45, 2.75) is 18.2 Å². The Kier molecular flexibility index (Phi) is 5.44. The fourth-order valence-electron chi connectivity index (χ4n) is 1.45. The van der Waals surface area contributed by atoms with Crippen LogP contribution in [0.15, 0.2) is 29.2 Å². The smallest absolute Gasteiger partial charge is 0.234 e. The van der Waals surface area contributed by atoms with Gasteiger partial charge in [0.15, 0.2) is 0 Å². The van der Waals surface area contributed by atoms with Gasteiger partial charge in [0, 0.05) is 10.6 Å². The number of carbonyl (C=O) groups is 1. The molecule has 1 aromatic carbocycles. The molecule has 0 aromatic heterocycles. The van der Waals surface area contributed by atoms with Crippen LogP contribution in [0.2, 0.25) is 0 Å². The van der Waals surface area contributed by atoms with Crippen molar-refractivity contribution in [3.05, 3.63) is 24.3 Å². The number of carbonyl (C=O) groups excluding carboxylic acids is 1. The lowest BCUT2D eigenvalue weighted by Gasteiger charge is -2.13. The number of benzene rings is 1. The van der Waals surface area contributed by atoms with Gasteiger partial charge in [-0.25, -0.2) is 0 Å². The van der Waals surface area contributed by atoms with E-state index in [9.17, 15) is 4.79 Å². The van der Waals surface area contributed by atoms with Crippen molar-refractivity contribution in [3.8, 4) is 0 Å². The van der Waals surface area contributed by atoms with Crippen LogP contribution in [0.3, 0.4) is 0 Å². The molecule has 0 saturated carbocycles. The average Bonchev–Trinajstić information content (AvgIpc) is 2.29. The molecule has 1 unspecified atom stereocenters. The van der Waals surface area contributed by atoms with E-state index in [1.54, 1.807) is 11.8 Å². The third kappa shape index (κ3) is 4.02. The largest absolute Gasteiger partial charge is 0.393 e. The van der Waals surface area contributed by atoms with Crippen LogP contribution < -0.4 is 11.1 Å². The first-order chi connectivity index (χ1) is 8.08. The summed E-state index contributed by atoms with van der Waals surface area (Å²) in [5, 5.41) is 2.83. The molecule has 0 bridgehead atoms. The van der Waals surface area contributed by atoms with Gasteiger partial charge in [0.25, 0.3) is 0 Å². The number of amides is 1. The van der Waals surface area contributed by atoms with Crippen molar-refractivity contribution in [1.29, 1.82) is 0 Å². The molecule has 3 nitrogen and oxygen atoms in total. The number of hydrogen-bond donors (Lipinski definition) is 2. The van der Waals surface area contributed by atoms with Gasteiger partial charge in [0.1, 0.15) is 0 Å². The summed E-state index contributed by atoms with van der Waals surface area (Å²) in [5.41, 5.74) is 6.30. The Morgan fingerprint density at radius 1 is 1.59 bits per heavy atom. The van der Waals surface area contributed by atoms with Gasteiger partial charge in [-0.05, 0) is 30.9 Å². The Balaban J connectivity index is 2.76. The topological polar surface area (TPSA) is 55.1 Å². The van der Waals surface area contributed by atoms with Crippen LogP contribution in [0.25, 0.3) is 0 Å². The van der Waals surface area contributed by atoms with Crippen molar-refractivity contribution >= 4 is 40.6 Å². The Labute approximate surface area is 111 Å². The second-order valence-electron chi connectivity index (χ2n) is 3.58. The molecule has 0 saturated heterocycles. The third-order valence-electron chi connectivity index (χ3n) is 2.41. The summed E-state index contributed by atoms with van der Waals surface area (Å²) in [6.07, 6.45) is 2.61. The molecule has 0 fully saturated rings. The standard InChI is InChI=1S/C12H16N2OS2/c1-3-10(11(13)16)12(15)14-8-5-4-6-9(7-8)17-2/h4-7,10H,3H2,1-2H3,(H2,13,16)(H,14,15). The molecule has 0 aliphatic rings. The monoisotopic (exact) mass is 268 g/mol. The van der Waals surface area contributed by atoms with E-state index in [1.165, 1.54) is 0 Å². The molecule has 1 atom stereocenters. The van der Waals surface area contributed by atoms with Gasteiger partial charge >= 0.3 is 0 Å². The van der Waals surface area contributed by atoms with Crippen LogP contribution in [-0.4, -0.2) is 17.2 Å². The van der Waals surface area contributed by atoms with Crippen molar-refractivity contribution in [2.24, 2.45) is 11.7 Å². The molecular weight excluding hydrogens is 252 g/mol. The zero-order valence-electron chi connectivity index (χ0n) is 9.90. The normalized spacial score (nSPS) is 11.9. The summed E-state index contributed by atoms with van der Waals surface area (Å²) in [7, 11) is 0. The molecular formula is C12H16N2OS2. The van der Waals surface area contributed by atoms with Gasteiger partial charge in [-0.2, -0.15) is 0 Å². The molecule has 17 heavy (non-hydrogen) atoms. The molecule has 1 rings (SSSR count). The minimum absolute atomic E-state index is 0.141. The second kappa shape index (κ2) is 6.61. The summed E-state index contributed by atoms with van der Waals surface area (Å²) >= 11 is 6.50. The molecule has 0 spiro atoms. The van der Waals surface area contributed by atoms with E-state index < -0.39 is 5.92 Å². The Hall–Kier alpha value is -1.07. The predicted octanol–water partition coefficient (Wildman–Crippen LogP) is 2.66. The molecule has 0 radical (unpaired) electrons. The van der Waals surface area contributed by atoms with Crippen LogP contribution in [0.4, 0.5) is 5.69 Å². The van der Waals surface area contributed by atoms with Crippen LogP contribution in [0.5, 0.6) is 0 Å². The first-order valence-electron chi connectivity index (χ1n) is 5.32. The number of rotatable bonds is 5. The highest BCUT2D eigenvalue weighted by atomic mass is 32.2. The summed E-state index contributed by atoms with van der Waals surface area (Å²) < 4.78 is 0. The summed E-state index contributed by atoms with van der Waals surface area (Å²) in [4.78, 5) is 13.2. The number of nitrogens with two attached hydrogens (primary N) is 1. The minimum atomic E-state index is -0.400. The third-order valence-corrected chi connectivity index (χ3v) is 3.42. The lowest BCUT2D eigenvalue weighted by atomic mass is 10.1. The Morgan fingerprint density at radius 2 is 2.29 bits per heavy atom. The van der Waals surface area contributed by atoms with Crippen molar-refractivity contribution in [2.75, 3.05) is 11.6 Å². The molecule has 0 heterocycles. The average molecular weight is 268 g/mol. The summed E-state index contributed by atoms with van der Waals surface area (Å²) in [5.74, 6) is -0.541. The highest BCUT2D eigenvalue weighted by molar-refractivity contribution is 7.98. The van der Waals surface area contributed by atoms with E-state index in [0.717, 1.165) is 10.6 Å². The van der Waals surface area contributed by atoms with Crippen molar-refractivity contribution in [1.82, 2.24) is 0 Å². The maximum atomic E-state index is 11.9. The van der Waals surface area contributed by atoms with E-state index in [0.29, 0.717) is 6.42 Å². The first-order valence-corrected chi connectivity index (χ1v) is 6.96.